The summed E-state index contributed by atoms with van der Waals surface area (Å²) in [7, 11) is 2.90. The maximum Gasteiger partial charge on any atom is 0.0435 e. The molecule has 58 valence electrons. The summed E-state index contributed by atoms with van der Waals surface area (Å²) >= 11 is 0. The van der Waals surface area contributed by atoms with Gasteiger partial charge in [-0.3, -0.25) is 4.98 Å². The normalized spacial score (nSPS) is 22.8. The van der Waals surface area contributed by atoms with Crippen molar-refractivity contribution in [2.45, 2.75) is 24.9 Å². The number of pyridine rings is 1. The second-order valence-corrected chi connectivity index (χ2v) is 4.05. The molecule has 0 aliphatic heterocycles. The van der Waals surface area contributed by atoms with Crippen molar-refractivity contribution >= 4 is 9.24 Å². The maximum atomic E-state index is 4.34. The molecular weight excluding hydrogens is 153 g/mol. The van der Waals surface area contributed by atoms with Gasteiger partial charge in [-0.15, -0.1) is 9.24 Å². The van der Waals surface area contributed by atoms with Crippen LogP contribution in [0.3, 0.4) is 0 Å². The van der Waals surface area contributed by atoms with Crippen LogP contribution in [-0.2, 0) is 12.8 Å². The number of aromatic nitrogens is 1. The fourth-order valence-electron chi connectivity index (χ4n) is 1.59. The number of hydrogen-bond donors (Lipinski definition) is 0. The second-order valence-electron chi connectivity index (χ2n) is 3.11. The minimum Gasteiger partial charge on any atom is -0.261 e. The molecule has 0 radical (unpaired) electrons. The molecule has 11 heavy (non-hydrogen) atoms. The van der Waals surface area contributed by atoms with Crippen molar-refractivity contribution in [1.82, 2.24) is 4.98 Å². The Kier molecular flexibility index (Phi) is 1.91. The summed E-state index contributed by atoms with van der Waals surface area (Å²) in [6, 6.07) is 4.22. The first kappa shape index (κ1) is 7.24. The molecule has 0 fully saturated rings. The Balaban J connectivity index is 2.34. The van der Waals surface area contributed by atoms with E-state index in [4.69, 9.17) is 0 Å². The van der Waals surface area contributed by atoms with E-state index in [1.165, 1.54) is 24.1 Å². The molecule has 1 nitrogen and oxygen atoms in total. The molecule has 2 heteroatoms. The molecule has 0 amide bonds. The zero-order chi connectivity index (χ0) is 7.68. The number of aryl methyl sites for hydroxylation is 1. The summed E-state index contributed by atoms with van der Waals surface area (Å²) in [5, 5.41) is 0. The smallest absolute Gasteiger partial charge is 0.0435 e. The van der Waals surface area contributed by atoms with Crippen molar-refractivity contribution in [3.63, 3.8) is 0 Å². The van der Waals surface area contributed by atoms with E-state index in [1.54, 1.807) is 0 Å². The first-order valence-corrected chi connectivity index (χ1v) is 4.71. The standard InChI is InChI=1S/C9H12NP/c11-8-3-4-9-7(6-8)2-1-5-10-9/h1-2,5,8H,3-4,6,11H2. The van der Waals surface area contributed by atoms with Crippen molar-refractivity contribution in [3.05, 3.63) is 29.6 Å². The Morgan fingerprint density at radius 2 is 2.45 bits per heavy atom. The fourth-order valence-corrected chi connectivity index (χ4v) is 2.01. The van der Waals surface area contributed by atoms with E-state index in [1.807, 2.05) is 12.3 Å². The van der Waals surface area contributed by atoms with Crippen LogP contribution in [-0.4, -0.2) is 10.6 Å². The molecule has 2 rings (SSSR count). The predicted molar refractivity (Wildman–Crippen MR) is 49.8 cm³/mol. The third-order valence-corrected chi connectivity index (χ3v) is 2.79. The Hall–Kier alpha value is -0.420. The second kappa shape index (κ2) is 2.91. The summed E-state index contributed by atoms with van der Waals surface area (Å²) in [5.41, 5.74) is 3.52. The summed E-state index contributed by atoms with van der Waals surface area (Å²) in [4.78, 5) is 4.34. The quantitative estimate of drug-likeness (QED) is 0.534. The molecule has 2 atom stereocenters. The lowest BCUT2D eigenvalue weighted by Crippen LogP contribution is -2.14. The number of hydrogen-bond acceptors (Lipinski definition) is 1. The number of nitrogens with zero attached hydrogens (tertiary/aromatic N) is 1. The average molecular weight is 165 g/mol. The monoisotopic (exact) mass is 165 g/mol. The summed E-state index contributed by atoms with van der Waals surface area (Å²) in [5.74, 6) is 0. The topological polar surface area (TPSA) is 12.9 Å². The summed E-state index contributed by atoms with van der Waals surface area (Å²) in [6.07, 6.45) is 5.51. The minimum absolute atomic E-state index is 0.770. The van der Waals surface area contributed by atoms with Gasteiger partial charge < -0.3 is 0 Å². The molecular formula is C9H12NP. The van der Waals surface area contributed by atoms with Crippen molar-refractivity contribution in [3.8, 4) is 0 Å². The molecule has 0 aromatic carbocycles. The number of rotatable bonds is 0. The molecule has 0 N–H and O–H groups in total. The zero-order valence-corrected chi connectivity index (χ0v) is 7.61. The zero-order valence-electron chi connectivity index (χ0n) is 6.46. The van der Waals surface area contributed by atoms with Gasteiger partial charge in [0.2, 0.25) is 0 Å². The highest BCUT2D eigenvalue weighted by Gasteiger charge is 2.14. The highest BCUT2D eigenvalue weighted by atomic mass is 31.0. The van der Waals surface area contributed by atoms with Crippen molar-refractivity contribution in [2.24, 2.45) is 0 Å². The SMILES string of the molecule is PC1CCc2ncccc2C1. The van der Waals surface area contributed by atoms with Crippen molar-refractivity contribution in [1.29, 1.82) is 0 Å². The number of fused-ring (bicyclic) bond motifs is 1. The Labute approximate surface area is 69.4 Å². The van der Waals surface area contributed by atoms with E-state index in [0.717, 1.165) is 12.1 Å². The van der Waals surface area contributed by atoms with Gasteiger partial charge in [0.1, 0.15) is 0 Å². The first-order chi connectivity index (χ1) is 5.36. The average Bonchev–Trinajstić information content (AvgIpc) is 2.04. The third-order valence-electron chi connectivity index (χ3n) is 2.22. The third kappa shape index (κ3) is 1.44. The van der Waals surface area contributed by atoms with Gasteiger partial charge in [0.25, 0.3) is 0 Å². The van der Waals surface area contributed by atoms with Crippen LogP contribution in [0.2, 0.25) is 0 Å². The fraction of sp³-hybridized carbons (Fsp3) is 0.444. The van der Waals surface area contributed by atoms with Gasteiger partial charge in [-0.25, -0.2) is 0 Å². The van der Waals surface area contributed by atoms with Gasteiger partial charge >= 0.3 is 0 Å². The molecule has 1 aromatic rings. The highest BCUT2D eigenvalue weighted by Crippen LogP contribution is 2.23. The van der Waals surface area contributed by atoms with Crippen molar-refractivity contribution < 1.29 is 0 Å². The van der Waals surface area contributed by atoms with Crippen molar-refractivity contribution in [2.75, 3.05) is 0 Å². The lowest BCUT2D eigenvalue weighted by molar-refractivity contribution is 0.683. The molecule has 0 spiro atoms. The molecule has 1 aromatic heterocycles. The molecule has 1 aliphatic rings. The van der Waals surface area contributed by atoms with E-state index < -0.39 is 0 Å². The van der Waals surface area contributed by atoms with Gasteiger partial charge in [0.15, 0.2) is 0 Å². The van der Waals surface area contributed by atoms with Gasteiger partial charge in [-0.2, -0.15) is 0 Å². The van der Waals surface area contributed by atoms with Crippen LogP contribution in [0.15, 0.2) is 18.3 Å². The van der Waals surface area contributed by atoms with E-state index in [9.17, 15) is 0 Å². The van der Waals surface area contributed by atoms with Gasteiger partial charge in [0, 0.05) is 11.9 Å². The lowest BCUT2D eigenvalue weighted by Gasteiger charge is -2.19. The Morgan fingerprint density at radius 1 is 1.55 bits per heavy atom. The Morgan fingerprint density at radius 3 is 3.36 bits per heavy atom. The molecule has 2 unspecified atom stereocenters. The van der Waals surface area contributed by atoms with Gasteiger partial charge in [-0.1, -0.05) is 6.07 Å². The molecule has 1 aliphatic carbocycles. The van der Waals surface area contributed by atoms with E-state index in [2.05, 4.69) is 20.3 Å². The maximum absolute atomic E-state index is 4.34. The van der Waals surface area contributed by atoms with Gasteiger partial charge in [0.05, 0.1) is 0 Å². The van der Waals surface area contributed by atoms with Crippen LogP contribution in [0.25, 0.3) is 0 Å². The minimum atomic E-state index is 0.770. The van der Waals surface area contributed by atoms with E-state index >= 15 is 0 Å². The predicted octanol–water partition coefficient (Wildman–Crippen LogP) is 1.81. The van der Waals surface area contributed by atoms with Gasteiger partial charge in [-0.05, 0) is 36.6 Å². The van der Waals surface area contributed by atoms with Crippen LogP contribution in [0.5, 0.6) is 0 Å². The van der Waals surface area contributed by atoms with Crippen LogP contribution in [0, 0.1) is 0 Å². The van der Waals surface area contributed by atoms with Crippen LogP contribution in [0.4, 0.5) is 0 Å². The molecule has 1 heterocycles. The van der Waals surface area contributed by atoms with E-state index in [-0.39, 0.29) is 0 Å². The molecule has 0 saturated heterocycles. The largest absolute Gasteiger partial charge is 0.261 e. The van der Waals surface area contributed by atoms with Crippen LogP contribution < -0.4 is 0 Å². The van der Waals surface area contributed by atoms with Crippen LogP contribution in [0.1, 0.15) is 17.7 Å². The highest BCUT2D eigenvalue weighted by molar-refractivity contribution is 7.17. The summed E-state index contributed by atoms with van der Waals surface area (Å²) in [6.45, 7) is 0. The Bertz CT molecular complexity index is 259. The molecule has 0 bridgehead atoms. The lowest BCUT2D eigenvalue weighted by atomic mass is 9.96. The van der Waals surface area contributed by atoms with Crippen LogP contribution >= 0.6 is 9.24 Å². The molecule has 0 saturated carbocycles. The first-order valence-electron chi connectivity index (χ1n) is 4.04. The summed E-state index contributed by atoms with van der Waals surface area (Å²) < 4.78 is 0. The van der Waals surface area contributed by atoms with E-state index in [0.29, 0.717) is 0 Å².